The molecule has 6 nitrogen and oxygen atoms in total. The molecule has 0 saturated heterocycles. The van der Waals surface area contributed by atoms with Crippen molar-refractivity contribution in [3.05, 3.63) is 96.1 Å². The van der Waals surface area contributed by atoms with Gasteiger partial charge in [0.25, 0.3) is 5.91 Å². The highest BCUT2D eigenvalue weighted by atomic mass is 16.5. The van der Waals surface area contributed by atoms with Gasteiger partial charge in [0, 0.05) is 16.9 Å². The van der Waals surface area contributed by atoms with E-state index in [0.717, 1.165) is 5.56 Å². The topological polar surface area (TPSA) is 84.5 Å². The molecule has 158 valence electrons. The Balaban J connectivity index is 1.65. The fraction of sp³-hybridized carbons (Fsp3) is 0.160. The van der Waals surface area contributed by atoms with E-state index in [0.29, 0.717) is 16.9 Å². The summed E-state index contributed by atoms with van der Waals surface area (Å²) in [4.78, 5) is 37.4. The quantitative estimate of drug-likeness (QED) is 0.424. The van der Waals surface area contributed by atoms with Crippen LogP contribution in [0.4, 0.5) is 11.4 Å². The van der Waals surface area contributed by atoms with Gasteiger partial charge in [0.2, 0.25) is 5.91 Å². The molecule has 0 aliphatic heterocycles. The molecule has 2 amide bonds. The molecule has 0 aromatic heterocycles. The third-order valence-corrected chi connectivity index (χ3v) is 4.62. The van der Waals surface area contributed by atoms with Crippen molar-refractivity contribution in [2.45, 2.75) is 13.3 Å². The lowest BCUT2D eigenvalue weighted by atomic mass is 9.98. The largest absolute Gasteiger partial charge is 0.465 e. The van der Waals surface area contributed by atoms with Crippen molar-refractivity contribution in [2.75, 3.05) is 17.2 Å². The number of nitrogens with one attached hydrogen (secondary N) is 2. The second kappa shape index (κ2) is 10.7. The number of anilines is 2. The Kier molecular flexibility index (Phi) is 7.54. The van der Waals surface area contributed by atoms with E-state index in [4.69, 9.17) is 4.74 Å². The van der Waals surface area contributed by atoms with Gasteiger partial charge in [-0.3, -0.25) is 14.4 Å². The summed E-state index contributed by atoms with van der Waals surface area (Å²) in [7, 11) is 0. The Labute approximate surface area is 181 Å². The lowest BCUT2D eigenvalue weighted by Gasteiger charge is -2.16. The van der Waals surface area contributed by atoms with E-state index in [-0.39, 0.29) is 18.9 Å². The number of benzene rings is 3. The summed E-state index contributed by atoms with van der Waals surface area (Å²) < 4.78 is 5.09. The van der Waals surface area contributed by atoms with Crippen molar-refractivity contribution < 1.29 is 19.1 Å². The fourth-order valence-electron chi connectivity index (χ4n) is 3.03. The zero-order chi connectivity index (χ0) is 22.1. The number of ether oxygens (including phenoxy) is 1. The third-order valence-electron chi connectivity index (χ3n) is 4.62. The molecule has 0 fully saturated rings. The number of amides is 2. The number of carbonyl (C=O) groups is 3. The standard InChI is InChI=1S/C25H24N2O4/c1-2-31-25(30)22(17-18-9-5-3-6-10-18)24(29)27-21-15-13-20(14-16-21)26-23(28)19-11-7-4-8-12-19/h3-16,22H,2,17H2,1H3,(H,26,28)(H,27,29). The molecule has 1 atom stereocenters. The maximum Gasteiger partial charge on any atom is 0.318 e. The number of hydrogen-bond donors (Lipinski definition) is 2. The molecule has 1 unspecified atom stereocenters. The van der Waals surface area contributed by atoms with E-state index in [2.05, 4.69) is 10.6 Å². The van der Waals surface area contributed by atoms with Crippen LogP contribution < -0.4 is 10.6 Å². The van der Waals surface area contributed by atoms with Gasteiger partial charge in [0.15, 0.2) is 0 Å². The SMILES string of the molecule is CCOC(=O)C(Cc1ccccc1)C(=O)Nc1ccc(NC(=O)c2ccccc2)cc1. The Hall–Kier alpha value is -3.93. The van der Waals surface area contributed by atoms with Crippen molar-refractivity contribution in [1.29, 1.82) is 0 Å². The summed E-state index contributed by atoms with van der Waals surface area (Å²) in [6, 6.07) is 24.9. The summed E-state index contributed by atoms with van der Waals surface area (Å²) in [6.45, 7) is 1.91. The fourth-order valence-corrected chi connectivity index (χ4v) is 3.03. The molecule has 0 radical (unpaired) electrons. The summed E-state index contributed by atoms with van der Waals surface area (Å²) in [6.07, 6.45) is 0.247. The highest BCUT2D eigenvalue weighted by Gasteiger charge is 2.28. The monoisotopic (exact) mass is 416 g/mol. The van der Waals surface area contributed by atoms with E-state index >= 15 is 0 Å². The van der Waals surface area contributed by atoms with Gasteiger partial charge in [0.05, 0.1) is 6.61 Å². The molecule has 0 heterocycles. The molecule has 3 aromatic carbocycles. The van der Waals surface area contributed by atoms with Crippen molar-refractivity contribution in [3.8, 4) is 0 Å². The van der Waals surface area contributed by atoms with Gasteiger partial charge < -0.3 is 15.4 Å². The first-order valence-corrected chi connectivity index (χ1v) is 10.0. The Morgan fingerprint density at radius 2 is 1.32 bits per heavy atom. The van der Waals surface area contributed by atoms with Gasteiger partial charge in [-0.2, -0.15) is 0 Å². The minimum Gasteiger partial charge on any atom is -0.465 e. The van der Waals surface area contributed by atoms with Crippen molar-refractivity contribution in [2.24, 2.45) is 5.92 Å². The minimum absolute atomic E-state index is 0.202. The molecule has 6 heteroatoms. The van der Waals surface area contributed by atoms with Gasteiger partial charge in [-0.1, -0.05) is 48.5 Å². The molecule has 31 heavy (non-hydrogen) atoms. The van der Waals surface area contributed by atoms with E-state index in [1.165, 1.54) is 0 Å². The van der Waals surface area contributed by atoms with E-state index < -0.39 is 17.8 Å². The predicted octanol–water partition coefficient (Wildman–Crippen LogP) is 4.30. The van der Waals surface area contributed by atoms with E-state index in [9.17, 15) is 14.4 Å². The van der Waals surface area contributed by atoms with Gasteiger partial charge in [-0.05, 0) is 55.3 Å². The average Bonchev–Trinajstić information content (AvgIpc) is 2.80. The van der Waals surface area contributed by atoms with Crippen LogP contribution in [0, 0.1) is 5.92 Å². The maximum atomic E-state index is 12.8. The Bertz CT molecular complexity index is 1020. The third kappa shape index (κ3) is 6.27. The van der Waals surface area contributed by atoms with E-state index in [1.54, 1.807) is 55.5 Å². The molecule has 0 spiro atoms. The van der Waals surface area contributed by atoms with Crippen LogP contribution in [0.5, 0.6) is 0 Å². The number of carbonyl (C=O) groups excluding carboxylic acids is 3. The molecular weight excluding hydrogens is 392 g/mol. The van der Waals surface area contributed by atoms with Gasteiger partial charge in [0.1, 0.15) is 5.92 Å². The lowest BCUT2D eigenvalue weighted by Crippen LogP contribution is -2.33. The van der Waals surface area contributed by atoms with Gasteiger partial charge in [-0.25, -0.2) is 0 Å². The summed E-state index contributed by atoms with van der Waals surface area (Å²) >= 11 is 0. The average molecular weight is 416 g/mol. The van der Waals surface area contributed by atoms with Crippen LogP contribution >= 0.6 is 0 Å². The minimum atomic E-state index is -0.959. The van der Waals surface area contributed by atoms with E-state index in [1.807, 2.05) is 36.4 Å². The second-order valence-electron chi connectivity index (χ2n) is 6.88. The van der Waals surface area contributed by atoms with Crippen LogP contribution in [0.25, 0.3) is 0 Å². The first kappa shape index (κ1) is 21.8. The predicted molar refractivity (Wildman–Crippen MR) is 120 cm³/mol. The van der Waals surface area contributed by atoms with Crippen LogP contribution in [0.2, 0.25) is 0 Å². The van der Waals surface area contributed by atoms with Crippen LogP contribution in [-0.4, -0.2) is 24.4 Å². The molecule has 0 aliphatic carbocycles. The first-order valence-electron chi connectivity index (χ1n) is 10.0. The molecule has 0 saturated carbocycles. The smallest absolute Gasteiger partial charge is 0.318 e. The number of esters is 1. The summed E-state index contributed by atoms with van der Waals surface area (Å²) in [5, 5.41) is 5.56. The zero-order valence-electron chi connectivity index (χ0n) is 17.2. The highest BCUT2D eigenvalue weighted by Crippen LogP contribution is 2.18. The van der Waals surface area contributed by atoms with Gasteiger partial charge in [-0.15, -0.1) is 0 Å². The Morgan fingerprint density at radius 1 is 0.774 bits per heavy atom. The van der Waals surface area contributed by atoms with Crippen molar-refractivity contribution in [1.82, 2.24) is 0 Å². The molecule has 3 aromatic rings. The van der Waals surface area contributed by atoms with Crippen LogP contribution in [0.1, 0.15) is 22.8 Å². The van der Waals surface area contributed by atoms with Crippen LogP contribution in [0.3, 0.4) is 0 Å². The molecular formula is C25H24N2O4. The normalized spacial score (nSPS) is 11.3. The summed E-state index contributed by atoms with van der Waals surface area (Å²) in [5.74, 6) is -2.18. The summed E-state index contributed by atoms with van der Waals surface area (Å²) in [5.41, 5.74) is 2.54. The molecule has 0 bridgehead atoms. The van der Waals surface area contributed by atoms with Gasteiger partial charge >= 0.3 is 5.97 Å². The van der Waals surface area contributed by atoms with Crippen molar-refractivity contribution in [3.63, 3.8) is 0 Å². The lowest BCUT2D eigenvalue weighted by molar-refractivity contribution is -0.150. The number of hydrogen-bond acceptors (Lipinski definition) is 4. The molecule has 3 rings (SSSR count). The highest BCUT2D eigenvalue weighted by molar-refractivity contribution is 6.06. The van der Waals surface area contributed by atoms with Crippen LogP contribution in [0.15, 0.2) is 84.9 Å². The zero-order valence-corrected chi connectivity index (χ0v) is 17.2. The van der Waals surface area contributed by atoms with Crippen molar-refractivity contribution >= 4 is 29.2 Å². The maximum absolute atomic E-state index is 12.8. The number of rotatable bonds is 8. The molecule has 2 N–H and O–H groups in total. The first-order chi connectivity index (χ1) is 15.1. The second-order valence-corrected chi connectivity index (χ2v) is 6.88. The Morgan fingerprint density at radius 3 is 1.90 bits per heavy atom. The van der Waals surface area contributed by atoms with Crippen LogP contribution in [-0.2, 0) is 20.7 Å². The molecule has 0 aliphatic rings.